The molecule has 4 nitrogen and oxygen atoms in total. The first-order valence-corrected chi connectivity index (χ1v) is 7.20. The first-order valence-electron chi connectivity index (χ1n) is 7.20. The second-order valence-corrected chi connectivity index (χ2v) is 5.65. The molecule has 0 saturated carbocycles. The van der Waals surface area contributed by atoms with Crippen molar-refractivity contribution in [1.29, 1.82) is 0 Å². The number of benzene rings is 1. The smallest absolute Gasteiger partial charge is 0.108 e. The summed E-state index contributed by atoms with van der Waals surface area (Å²) in [4.78, 5) is 2.28. The van der Waals surface area contributed by atoms with Crippen molar-refractivity contribution in [2.75, 3.05) is 20.1 Å². The number of nitrogens with zero attached hydrogens (tertiary/aromatic N) is 3. The molecule has 1 saturated heterocycles. The van der Waals surface area contributed by atoms with E-state index in [-0.39, 0.29) is 0 Å². The lowest BCUT2D eigenvalue weighted by Gasteiger charge is -2.27. The molecule has 0 spiro atoms. The van der Waals surface area contributed by atoms with Crippen LogP contribution < -0.4 is 0 Å². The maximum absolute atomic E-state index is 11.1. The van der Waals surface area contributed by atoms with E-state index in [0.29, 0.717) is 0 Å². The van der Waals surface area contributed by atoms with Gasteiger partial charge in [-0.2, -0.15) is 5.10 Å². The molecule has 0 aliphatic carbocycles. The molecule has 106 valence electrons. The highest BCUT2D eigenvalue weighted by Crippen LogP contribution is 2.33. The number of rotatable bonds is 2. The molecule has 1 N–H and O–H groups in total. The summed E-state index contributed by atoms with van der Waals surface area (Å²) in [6.45, 7) is 1.96. The molecule has 3 rings (SSSR count). The van der Waals surface area contributed by atoms with E-state index >= 15 is 0 Å². The third kappa shape index (κ3) is 2.49. The molecule has 1 unspecified atom stereocenters. The first kappa shape index (κ1) is 13.3. The quantitative estimate of drug-likeness (QED) is 0.910. The fourth-order valence-corrected chi connectivity index (χ4v) is 2.94. The second-order valence-electron chi connectivity index (χ2n) is 5.65. The molecule has 0 bridgehead atoms. The Balaban J connectivity index is 1.96. The van der Waals surface area contributed by atoms with Gasteiger partial charge in [-0.1, -0.05) is 18.2 Å². The van der Waals surface area contributed by atoms with Crippen molar-refractivity contribution < 1.29 is 5.11 Å². The minimum atomic E-state index is -0.781. The fourth-order valence-electron chi connectivity index (χ4n) is 2.94. The molecule has 1 fully saturated rings. The Kier molecular flexibility index (Phi) is 3.59. The van der Waals surface area contributed by atoms with Crippen molar-refractivity contribution >= 4 is 0 Å². The van der Waals surface area contributed by atoms with Gasteiger partial charge in [0, 0.05) is 12.7 Å². The highest BCUT2D eigenvalue weighted by atomic mass is 16.3. The second kappa shape index (κ2) is 5.38. The summed E-state index contributed by atoms with van der Waals surface area (Å²) in [5.74, 6) is 0. The number of likely N-dealkylation sites (tertiary alicyclic amines) is 1. The Morgan fingerprint density at radius 1 is 1.10 bits per heavy atom. The van der Waals surface area contributed by atoms with Crippen LogP contribution in [0.4, 0.5) is 0 Å². The summed E-state index contributed by atoms with van der Waals surface area (Å²) in [6.07, 6.45) is 4.32. The maximum Gasteiger partial charge on any atom is 0.108 e. The molecule has 1 aliphatic heterocycles. The van der Waals surface area contributed by atoms with Crippen LogP contribution in [0.15, 0.2) is 42.6 Å². The molecular weight excluding hydrogens is 250 g/mol. The molecule has 1 atom stereocenters. The molecule has 2 aromatic rings. The predicted octanol–water partition coefficient (Wildman–Crippen LogP) is 2.18. The topological polar surface area (TPSA) is 41.3 Å². The van der Waals surface area contributed by atoms with E-state index in [1.807, 2.05) is 41.1 Å². The zero-order chi connectivity index (χ0) is 14.0. The Morgan fingerprint density at radius 3 is 2.70 bits per heavy atom. The third-order valence-corrected chi connectivity index (χ3v) is 4.16. The van der Waals surface area contributed by atoms with Crippen molar-refractivity contribution in [3.8, 4) is 5.69 Å². The minimum Gasteiger partial charge on any atom is -0.384 e. The lowest BCUT2D eigenvalue weighted by molar-refractivity contribution is 0.0152. The Labute approximate surface area is 119 Å². The monoisotopic (exact) mass is 271 g/mol. The number of hydrogen-bond donors (Lipinski definition) is 1. The zero-order valence-corrected chi connectivity index (χ0v) is 11.9. The molecular formula is C16H21N3O. The molecule has 0 radical (unpaired) electrons. The van der Waals surface area contributed by atoms with Crippen molar-refractivity contribution in [2.24, 2.45) is 0 Å². The van der Waals surface area contributed by atoms with Crippen molar-refractivity contribution in [3.05, 3.63) is 48.3 Å². The molecule has 2 heterocycles. The largest absolute Gasteiger partial charge is 0.384 e. The fraction of sp³-hybridized carbons (Fsp3) is 0.438. The summed E-state index contributed by atoms with van der Waals surface area (Å²) in [5.41, 5.74) is 1.12. The average Bonchev–Trinajstić information content (AvgIpc) is 2.90. The van der Waals surface area contributed by atoms with Gasteiger partial charge in [0.2, 0.25) is 0 Å². The summed E-state index contributed by atoms with van der Waals surface area (Å²) in [6, 6.07) is 11.9. The lowest BCUT2D eigenvalue weighted by atomic mass is 9.91. The maximum atomic E-state index is 11.1. The predicted molar refractivity (Wildman–Crippen MR) is 78.8 cm³/mol. The lowest BCUT2D eigenvalue weighted by Crippen LogP contribution is -2.30. The van der Waals surface area contributed by atoms with E-state index in [4.69, 9.17) is 0 Å². The molecule has 1 aromatic carbocycles. The van der Waals surface area contributed by atoms with Gasteiger partial charge in [-0.15, -0.1) is 0 Å². The average molecular weight is 271 g/mol. The van der Waals surface area contributed by atoms with Crippen LogP contribution in [0.2, 0.25) is 0 Å². The number of hydrogen-bond acceptors (Lipinski definition) is 3. The van der Waals surface area contributed by atoms with Crippen molar-refractivity contribution in [2.45, 2.75) is 24.9 Å². The molecule has 20 heavy (non-hydrogen) atoms. The van der Waals surface area contributed by atoms with E-state index in [9.17, 15) is 5.11 Å². The number of para-hydroxylation sites is 1. The Bertz CT molecular complexity index is 566. The number of aliphatic hydroxyl groups is 1. The highest BCUT2D eigenvalue weighted by molar-refractivity contribution is 5.34. The van der Waals surface area contributed by atoms with Crippen LogP contribution in [0, 0.1) is 0 Å². The molecule has 0 amide bonds. The standard InChI is InChI=1S/C16H21N3O/c1-18-12-5-9-16(20,10-13-18)15-8-11-17-19(15)14-6-3-2-4-7-14/h2-4,6-8,11,20H,5,9-10,12-13H2,1H3. The van der Waals surface area contributed by atoms with Crippen LogP contribution in [0.1, 0.15) is 25.0 Å². The van der Waals surface area contributed by atoms with Crippen molar-refractivity contribution in [1.82, 2.24) is 14.7 Å². The van der Waals surface area contributed by atoms with Crippen LogP contribution in [0.3, 0.4) is 0 Å². The summed E-state index contributed by atoms with van der Waals surface area (Å²) in [5, 5.41) is 15.5. The van der Waals surface area contributed by atoms with Gasteiger partial charge in [0.1, 0.15) is 5.60 Å². The van der Waals surface area contributed by atoms with Gasteiger partial charge in [-0.25, -0.2) is 4.68 Å². The molecule has 1 aliphatic rings. The molecule has 4 heteroatoms. The van der Waals surface area contributed by atoms with Crippen LogP contribution in [-0.4, -0.2) is 39.9 Å². The van der Waals surface area contributed by atoms with Gasteiger partial charge in [0.25, 0.3) is 0 Å². The van der Waals surface area contributed by atoms with Gasteiger partial charge in [0.05, 0.1) is 11.4 Å². The van der Waals surface area contributed by atoms with Gasteiger partial charge in [0.15, 0.2) is 0 Å². The van der Waals surface area contributed by atoms with Crippen LogP contribution in [-0.2, 0) is 5.60 Å². The Morgan fingerprint density at radius 2 is 1.90 bits per heavy atom. The van der Waals surface area contributed by atoms with Crippen LogP contribution in [0.25, 0.3) is 5.69 Å². The minimum absolute atomic E-state index is 0.752. The highest BCUT2D eigenvalue weighted by Gasteiger charge is 2.34. The Hall–Kier alpha value is -1.65. The summed E-state index contributed by atoms with van der Waals surface area (Å²) >= 11 is 0. The van der Waals surface area contributed by atoms with Crippen LogP contribution >= 0.6 is 0 Å². The van der Waals surface area contributed by atoms with Gasteiger partial charge in [-0.3, -0.25) is 0 Å². The molecule has 1 aromatic heterocycles. The van der Waals surface area contributed by atoms with E-state index in [1.165, 1.54) is 0 Å². The third-order valence-electron chi connectivity index (χ3n) is 4.16. The number of aromatic nitrogens is 2. The summed E-state index contributed by atoms with van der Waals surface area (Å²) < 4.78 is 1.87. The SMILES string of the molecule is CN1CCCC(O)(c2ccnn2-c2ccccc2)CC1. The zero-order valence-electron chi connectivity index (χ0n) is 11.9. The van der Waals surface area contributed by atoms with E-state index in [0.717, 1.165) is 43.7 Å². The van der Waals surface area contributed by atoms with E-state index in [2.05, 4.69) is 17.0 Å². The van der Waals surface area contributed by atoms with Gasteiger partial charge < -0.3 is 10.0 Å². The van der Waals surface area contributed by atoms with Crippen LogP contribution in [0.5, 0.6) is 0 Å². The normalized spacial score (nSPS) is 24.5. The first-order chi connectivity index (χ1) is 9.69. The van der Waals surface area contributed by atoms with E-state index in [1.54, 1.807) is 6.20 Å². The summed E-state index contributed by atoms with van der Waals surface area (Å²) in [7, 11) is 2.11. The van der Waals surface area contributed by atoms with Crippen molar-refractivity contribution in [3.63, 3.8) is 0 Å². The van der Waals surface area contributed by atoms with E-state index < -0.39 is 5.60 Å². The van der Waals surface area contributed by atoms with Gasteiger partial charge in [-0.05, 0) is 51.1 Å². The van der Waals surface area contributed by atoms with Gasteiger partial charge >= 0.3 is 0 Å².